The number of aliphatic hydroxyl groups is 1. The standard InChI is InChI=1S/C11H14ClN3O/c1-2-11(16,10(12)3-4-10)7-15-8-14-6-9(15)5-13/h6,8,16H,2-4,7H2,1H3. The maximum absolute atomic E-state index is 10.5. The third kappa shape index (κ3) is 1.70. The molecule has 0 radical (unpaired) electrons. The number of nitriles is 1. The Kier molecular flexibility index (Phi) is 2.69. The van der Waals surface area contributed by atoms with Crippen LogP contribution >= 0.6 is 11.6 Å². The number of halogens is 1. The minimum atomic E-state index is -0.957. The van der Waals surface area contributed by atoms with Gasteiger partial charge in [-0.15, -0.1) is 11.6 Å². The Morgan fingerprint density at radius 2 is 2.44 bits per heavy atom. The van der Waals surface area contributed by atoms with Crippen molar-refractivity contribution >= 4 is 11.6 Å². The Morgan fingerprint density at radius 3 is 2.94 bits per heavy atom. The van der Waals surface area contributed by atoms with Gasteiger partial charge in [-0.25, -0.2) is 4.98 Å². The highest BCUT2D eigenvalue weighted by atomic mass is 35.5. The van der Waals surface area contributed by atoms with Crippen LogP contribution < -0.4 is 0 Å². The molecule has 0 aromatic carbocycles. The van der Waals surface area contributed by atoms with E-state index >= 15 is 0 Å². The van der Waals surface area contributed by atoms with Gasteiger partial charge >= 0.3 is 0 Å². The number of hydrogen-bond acceptors (Lipinski definition) is 3. The number of rotatable bonds is 4. The third-order valence-electron chi connectivity index (χ3n) is 3.37. The molecule has 1 N–H and O–H groups in total. The molecule has 0 amide bonds. The zero-order valence-electron chi connectivity index (χ0n) is 9.15. The summed E-state index contributed by atoms with van der Waals surface area (Å²) in [5.74, 6) is 0. The Morgan fingerprint density at radius 1 is 1.75 bits per heavy atom. The molecule has 2 rings (SSSR count). The molecule has 5 heteroatoms. The minimum absolute atomic E-state index is 0.329. The average molecular weight is 240 g/mol. The fourth-order valence-corrected chi connectivity index (χ4v) is 2.25. The zero-order valence-corrected chi connectivity index (χ0v) is 9.91. The average Bonchev–Trinajstić information content (AvgIpc) is 2.89. The van der Waals surface area contributed by atoms with Crippen LogP contribution in [0.3, 0.4) is 0 Å². The van der Waals surface area contributed by atoms with Crippen LogP contribution in [0.2, 0.25) is 0 Å². The van der Waals surface area contributed by atoms with E-state index in [1.807, 2.05) is 13.0 Å². The molecule has 1 fully saturated rings. The lowest BCUT2D eigenvalue weighted by Gasteiger charge is -2.32. The van der Waals surface area contributed by atoms with Gasteiger partial charge in [-0.05, 0) is 19.3 Å². The van der Waals surface area contributed by atoms with Crippen LogP contribution in [0, 0.1) is 11.3 Å². The van der Waals surface area contributed by atoms with Crippen LogP contribution in [0.4, 0.5) is 0 Å². The van der Waals surface area contributed by atoms with Gasteiger partial charge in [0.15, 0.2) is 0 Å². The fraction of sp³-hybridized carbons (Fsp3) is 0.636. The van der Waals surface area contributed by atoms with E-state index in [9.17, 15) is 5.11 Å². The second kappa shape index (κ2) is 3.76. The van der Waals surface area contributed by atoms with Crippen LogP contribution in [0.15, 0.2) is 12.5 Å². The maximum Gasteiger partial charge on any atom is 0.139 e. The van der Waals surface area contributed by atoms with Gasteiger partial charge in [-0.3, -0.25) is 0 Å². The second-order valence-electron chi connectivity index (χ2n) is 4.37. The molecule has 0 saturated heterocycles. The van der Waals surface area contributed by atoms with Crippen LogP contribution in [-0.2, 0) is 6.54 Å². The summed E-state index contributed by atoms with van der Waals surface area (Å²) in [6.45, 7) is 2.24. The number of hydrogen-bond donors (Lipinski definition) is 1. The third-order valence-corrected chi connectivity index (χ3v) is 4.10. The molecule has 4 nitrogen and oxygen atoms in total. The number of aromatic nitrogens is 2. The molecule has 1 atom stereocenters. The smallest absolute Gasteiger partial charge is 0.139 e. The first-order valence-corrected chi connectivity index (χ1v) is 5.74. The molecule has 86 valence electrons. The Labute approximate surface area is 99.5 Å². The molecule has 16 heavy (non-hydrogen) atoms. The largest absolute Gasteiger partial charge is 0.386 e. The summed E-state index contributed by atoms with van der Waals surface area (Å²) >= 11 is 6.30. The summed E-state index contributed by atoms with van der Waals surface area (Å²) in [5.41, 5.74) is -0.506. The predicted molar refractivity (Wildman–Crippen MR) is 60.0 cm³/mol. The molecular formula is C11H14ClN3O. The summed E-state index contributed by atoms with van der Waals surface area (Å²) in [6.07, 6.45) is 5.27. The van der Waals surface area contributed by atoms with E-state index in [0.717, 1.165) is 12.8 Å². The zero-order chi connectivity index (χ0) is 11.8. The molecule has 1 aromatic heterocycles. The topological polar surface area (TPSA) is 61.8 Å². The van der Waals surface area contributed by atoms with Gasteiger partial charge in [0, 0.05) is 0 Å². The molecule has 0 bridgehead atoms. The molecule has 1 aromatic rings. The summed E-state index contributed by atoms with van der Waals surface area (Å²) in [4.78, 5) is 3.39. The van der Waals surface area contributed by atoms with E-state index in [0.29, 0.717) is 18.7 Å². The predicted octanol–water partition coefficient (Wildman–Crippen LogP) is 1.67. The van der Waals surface area contributed by atoms with Crippen molar-refractivity contribution in [1.29, 1.82) is 5.26 Å². The first-order valence-electron chi connectivity index (χ1n) is 5.36. The fourth-order valence-electron chi connectivity index (χ4n) is 1.97. The van der Waals surface area contributed by atoms with Crippen molar-refractivity contribution in [2.45, 2.75) is 43.2 Å². The molecule has 1 aliphatic carbocycles. The molecular weight excluding hydrogens is 226 g/mol. The lowest BCUT2D eigenvalue weighted by molar-refractivity contribution is 0.00673. The summed E-state index contributed by atoms with van der Waals surface area (Å²) in [6, 6.07) is 2.04. The van der Waals surface area contributed by atoms with Gasteiger partial charge < -0.3 is 9.67 Å². The first-order chi connectivity index (χ1) is 7.54. The van der Waals surface area contributed by atoms with Crippen molar-refractivity contribution in [2.24, 2.45) is 0 Å². The molecule has 0 aliphatic heterocycles. The van der Waals surface area contributed by atoms with Gasteiger partial charge in [0.1, 0.15) is 17.4 Å². The van der Waals surface area contributed by atoms with Crippen molar-refractivity contribution in [2.75, 3.05) is 0 Å². The van der Waals surface area contributed by atoms with Crippen molar-refractivity contribution < 1.29 is 5.11 Å². The molecule has 1 aliphatic rings. The van der Waals surface area contributed by atoms with Crippen molar-refractivity contribution in [1.82, 2.24) is 9.55 Å². The maximum atomic E-state index is 10.5. The lowest BCUT2D eigenvalue weighted by atomic mass is 9.93. The van der Waals surface area contributed by atoms with Crippen LogP contribution in [-0.4, -0.2) is 25.1 Å². The summed E-state index contributed by atoms with van der Waals surface area (Å²) in [5, 5.41) is 19.4. The highest BCUT2D eigenvalue weighted by molar-refractivity contribution is 6.26. The SMILES string of the molecule is CCC(O)(Cn1cncc1C#N)C1(Cl)CC1. The van der Waals surface area contributed by atoms with Crippen LogP contribution in [0.1, 0.15) is 31.9 Å². The van der Waals surface area contributed by atoms with E-state index in [2.05, 4.69) is 4.98 Å². The van der Waals surface area contributed by atoms with Gasteiger partial charge in [0.25, 0.3) is 0 Å². The van der Waals surface area contributed by atoms with E-state index in [1.165, 1.54) is 6.20 Å². The second-order valence-corrected chi connectivity index (χ2v) is 5.09. The van der Waals surface area contributed by atoms with Gasteiger partial charge in [-0.1, -0.05) is 6.92 Å². The summed E-state index contributed by atoms with van der Waals surface area (Å²) < 4.78 is 1.66. The highest BCUT2D eigenvalue weighted by Gasteiger charge is 2.56. The van der Waals surface area contributed by atoms with Crippen molar-refractivity contribution in [3.05, 3.63) is 18.2 Å². The van der Waals surface area contributed by atoms with E-state index < -0.39 is 10.5 Å². The molecule has 1 saturated carbocycles. The normalized spacial score (nSPS) is 21.1. The molecule has 0 spiro atoms. The quantitative estimate of drug-likeness (QED) is 0.813. The monoisotopic (exact) mass is 239 g/mol. The summed E-state index contributed by atoms with van der Waals surface area (Å²) in [7, 11) is 0. The van der Waals surface area contributed by atoms with E-state index in [1.54, 1.807) is 10.9 Å². The Balaban J connectivity index is 2.23. The number of imidazole rings is 1. The van der Waals surface area contributed by atoms with Crippen LogP contribution in [0.5, 0.6) is 0 Å². The van der Waals surface area contributed by atoms with Crippen molar-refractivity contribution in [3.8, 4) is 6.07 Å². The van der Waals surface area contributed by atoms with E-state index in [4.69, 9.17) is 16.9 Å². The first kappa shape index (κ1) is 11.4. The van der Waals surface area contributed by atoms with Crippen LogP contribution in [0.25, 0.3) is 0 Å². The molecule has 1 unspecified atom stereocenters. The Hall–Kier alpha value is -1.05. The highest BCUT2D eigenvalue weighted by Crippen LogP contribution is 2.53. The van der Waals surface area contributed by atoms with Gasteiger partial charge in [0.05, 0.1) is 23.9 Å². The Bertz CT molecular complexity index is 433. The number of nitrogens with zero attached hydrogens (tertiary/aromatic N) is 3. The molecule has 1 heterocycles. The number of alkyl halides is 1. The van der Waals surface area contributed by atoms with E-state index in [-0.39, 0.29) is 0 Å². The van der Waals surface area contributed by atoms with Crippen molar-refractivity contribution in [3.63, 3.8) is 0 Å². The lowest BCUT2D eigenvalue weighted by Crippen LogP contribution is -2.44. The minimum Gasteiger partial charge on any atom is -0.386 e. The van der Waals surface area contributed by atoms with Gasteiger partial charge in [0.2, 0.25) is 0 Å². The van der Waals surface area contributed by atoms with Gasteiger partial charge in [-0.2, -0.15) is 5.26 Å².